The maximum atomic E-state index is 12.0. The topological polar surface area (TPSA) is 46.6 Å². The van der Waals surface area contributed by atoms with E-state index in [1.54, 1.807) is 4.90 Å². The molecule has 0 spiro atoms. The molecule has 1 fully saturated rings. The molecule has 1 aliphatic rings. The molecule has 0 aromatic rings. The molecule has 0 aromatic heterocycles. The molecule has 2 unspecified atom stereocenters. The van der Waals surface area contributed by atoms with Gasteiger partial charge in [-0.3, -0.25) is 9.59 Å². The largest absolute Gasteiger partial charge is 0.462 e. The normalized spacial score (nSPS) is 21.0. The highest BCUT2D eigenvalue weighted by Gasteiger charge is 2.35. The molecule has 1 rings (SSSR count). The van der Waals surface area contributed by atoms with Gasteiger partial charge in [0.1, 0.15) is 0 Å². The van der Waals surface area contributed by atoms with Gasteiger partial charge in [-0.2, -0.15) is 0 Å². The standard InChI is InChI=1S/C15H27NO3/c1-5-6-7-16-10-13(9-14(16)17)15(18)19-12(4)8-11(2)3/h11-13H,5-10H2,1-4H3. The predicted octanol–water partition coefficient (Wildman–Crippen LogP) is 2.61. The highest BCUT2D eigenvalue weighted by atomic mass is 16.5. The first-order chi connectivity index (χ1) is 8.93. The Hall–Kier alpha value is -1.06. The van der Waals surface area contributed by atoms with Gasteiger partial charge >= 0.3 is 5.97 Å². The minimum atomic E-state index is -0.265. The summed E-state index contributed by atoms with van der Waals surface area (Å²) in [5.41, 5.74) is 0. The van der Waals surface area contributed by atoms with Crippen molar-refractivity contribution in [1.82, 2.24) is 4.90 Å². The van der Waals surface area contributed by atoms with E-state index < -0.39 is 0 Å². The second kappa shape index (κ2) is 7.51. The van der Waals surface area contributed by atoms with Gasteiger partial charge in [0.15, 0.2) is 0 Å². The number of amides is 1. The van der Waals surface area contributed by atoms with Crippen LogP contribution in [0.25, 0.3) is 0 Å². The number of nitrogens with zero attached hydrogens (tertiary/aromatic N) is 1. The minimum absolute atomic E-state index is 0.0627. The lowest BCUT2D eigenvalue weighted by atomic mass is 10.1. The molecule has 2 atom stereocenters. The highest BCUT2D eigenvalue weighted by molar-refractivity contribution is 5.86. The average molecular weight is 269 g/mol. The zero-order valence-electron chi connectivity index (χ0n) is 12.6. The van der Waals surface area contributed by atoms with Crippen LogP contribution in [0.15, 0.2) is 0 Å². The minimum Gasteiger partial charge on any atom is -0.462 e. The van der Waals surface area contributed by atoms with Crippen molar-refractivity contribution in [2.24, 2.45) is 11.8 Å². The number of unbranched alkanes of at least 4 members (excludes halogenated alkanes) is 1. The Bertz CT molecular complexity index is 315. The summed E-state index contributed by atoms with van der Waals surface area (Å²) in [7, 11) is 0. The van der Waals surface area contributed by atoms with Crippen LogP contribution < -0.4 is 0 Å². The van der Waals surface area contributed by atoms with Crippen LogP contribution in [-0.2, 0) is 14.3 Å². The summed E-state index contributed by atoms with van der Waals surface area (Å²) in [5.74, 6) is 0.125. The number of ether oxygens (including phenoxy) is 1. The van der Waals surface area contributed by atoms with Gasteiger partial charge in [0.2, 0.25) is 5.91 Å². The van der Waals surface area contributed by atoms with Gasteiger partial charge in [0, 0.05) is 19.5 Å². The predicted molar refractivity (Wildman–Crippen MR) is 74.6 cm³/mol. The van der Waals surface area contributed by atoms with E-state index in [1.807, 2.05) is 6.92 Å². The molecule has 19 heavy (non-hydrogen) atoms. The molecule has 0 N–H and O–H groups in total. The van der Waals surface area contributed by atoms with Crippen LogP contribution in [0.2, 0.25) is 0 Å². The Morgan fingerprint density at radius 3 is 2.68 bits per heavy atom. The second-order valence-electron chi connectivity index (χ2n) is 5.97. The maximum absolute atomic E-state index is 12.0. The number of rotatable bonds is 7. The van der Waals surface area contributed by atoms with E-state index >= 15 is 0 Å². The van der Waals surface area contributed by atoms with E-state index in [0.717, 1.165) is 25.8 Å². The third-order valence-corrected chi connectivity index (χ3v) is 3.45. The van der Waals surface area contributed by atoms with Crippen LogP contribution in [-0.4, -0.2) is 36.0 Å². The molecule has 1 heterocycles. The quantitative estimate of drug-likeness (QED) is 0.667. The van der Waals surface area contributed by atoms with Crippen LogP contribution in [0, 0.1) is 11.8 Å². The fraction of sp³-hybridized carbons (Fsp3) is 0.867. The molecular formula is C15H27NO3. The Labute approximate surface area is 116 Å². The summed E-state index contributed by atoms with van der Waals surface area (Å²) in [6.07, 6.45) is 3.18. The number of carbonyl (C=O) groups is 2. The SMILES string of the molecule is CCCCN1CC(C(=O)OC(C)CC(C)C)CC1=O. The Morgan fingerprint density at radius 1 is 1.42 bits per heavy atom. The Morgan fingerprint density at radius 2 is 2.11 bits per heavy atom. The zero-order chi connectivity index (χ0) is 14.4. The number of hydrogen-bond donors (Lipinski definition) is 0. The zero-order valence-corrected chi connectivity index (χ0v) is 12.6. The first-order valence-electron chi connectivity index (χ1n) is 7.42. The monoisotopic (exact) mass is 269 g/mol. The smallest absolute Gasteiger partial charge is 0.311 e. The lowest BCUT2D eigenvalue weighted by molar-refractivity contribution is -0.153. The fourth-order valence-electron chi connectivity index (χ4n) is 2.50. The number of likely N-dealkylation sites (tertiary alicyclic amines) is 1. The van der Waals surface area contributed by atoms with Crippen molar-refractivity contribution < 1.29 is 14.3 Å². The Kier molecular flexibility index (Phi) is 6.32. The fourth-order valence-corrected chi connectivity index (χ4v) is 2.50. The van der Waals surface area contributed by atoms with E-state index in [9.17, 15) is 9.59 Å². The lowest BCUT2D eigenvalue weighted by Gasteiger charge is -2.18. The third kappa shape index (κ3) is 5.21. The highest BCUT2D eigenvalue weighted by Crippen LogP contribution is 2.21. The van der Waals surface area contributed by atoms with Crippen LogP contribution >= 0.6 is 0 Å². The van der Waals surface area contributed by atoms with Crippen molar-refractivity contribution in [3.63, 3.8) is 0 Å². The van der Waals surface area contributed by atoms with Crippen LogP contribution in [0.1, 0.15) is 53.4 Å². The van der Waals surface area contributed by atoms with Crippen LogP contribution in [0.3, 0.4) is 0 Å². The second-order valence-corrected chi connectivity index (χ2v) is 5.97. The van der Waals surface area contributed by atoms with Gasteiger partial charge in [-0.15, -0.1) is 0 Å². The van der Waals surface area contributed by atoms with Gasteiger partial charge in [0.25, 0.3) is 0 Å². The van der Waals surface area contributed by atoms with Crippen molar-refractivity contribution in [2.45, 2.75) is 59.5 Å². The molecule has 4 nitrogen and oxygen atoms in total. The number of carbonyl (C=O) groups excluding carboxylic acids is 2. The van der Waals surface area contributed by atoms with Crippen LogP contribution in [0.5, 0.6) is 0 Å². The van der Waals surface area contributed by atoms with Crippen molar-refractivity contribution in [2.75, 3.05) is 13.1 Å². The lowest BCUT2D eigenvalue weighted by Crippen LogP contribution is -2.28. The van der Waals surface area contributed by atoms with Crippen LogP contribution in [0.4, 0.5) is 0 Å². The summed E-state index contributed by atoms with van der Waals surface area (Å²) >= 11 is 0. The van der Waals surface area contributed by atoms with Gasteiger partial charge in [-0.05, 0) is 25.7 Å². The van der Waals surface area contributed by atoms with Gasteiger partial charge in [0.05, 0.1) is 12.0 Å². The molecule has 0 saturated carbocycles. The van der Waals surface area contributed by atoms with Gasteiger partial charge in [-0.25, -0.2) is 0 Å². The molecule has 0 bridgehead atoms. The molecule has 110 valence electrons. The van der Waals surface area contributed by atoms with Gasteiger partial charge in [-0.1, -0.05) is 27.2 Å². The average Bonchev–Trinajstić information content (AvgIpc) is 2.67. The summed E-state index contributed by atoms with van der Waals surface area (Å²) in [6.45, 7) is 9.53. The number of esters is 1. The third-order valence-electron chi connectivity index (χ3n) is 3.45. The molecule has 1 amide bonds. The van der Waals surface area contributed by atoms with E-state index in [-0.39, 0.29) is 23.9 Å². The first-order valence-corrected chi connectivity index (χ1v) is 7.42. The molecular weight excluding hydrogens is 242 g/mol. The van der Waals surface area contributed by atoms with E-state index in [4.69, 9.17) is 4.74 Å². The molecule has 0 aliphatic carbocycles. The summed E-state index contributed by atoms with van der Waals surface area (Å²) in [5, 5.41) is 0. The van der Waals surface area contributed by atoms with Crippen molar-refractivity contribution in [1.29, 1.82) is 0 Å². The van der Waals surface area contributed by atoms with Gasteiger partial charge < -0.3 is 9.64 Å². The van der Waals surface area contributed by atoms with Crippen molar-refractivity contribution in [3.8, 4) is 0 Å². The molecule has 4 heteroatoms. The maximum Gasteiger partial charge on any atom is 0.311 e. The molecule has 0 aromatic carbocycles. The van der Waals surface area contributed by atoms with E-state index in [1.165, 1.54) is 0 Å². The van der Waals surface area contributed by atoms with E-state index in [0.29, 0.717) is 18.9 Å². The van der Waals surface area contributed by atoms with Crippen molar-refractivity contribution in [3.05, 3.63) is 0 Å². The summed E-state index contributed by atoms with van der Waals surface area (Å²) < 4.78 is 5.43. The first kappa shape index (κ1) is 16.0. The number of hydrogen-bond acceptors (Lipinski definition) is 3. The Balaban J connectivity index is 2.40. The van der Waals surface area contributed by atoms with Crippen molar-refractivity contribution >= 4 is 11.9 Å². The molecule has 1 aliphatic heterocycles. The van der Waals surface area contributed by atoms with E-state index in [2.05, 4.69) is 20.8 Å². The molecule has 0 radical (unpaired) electrons. The summed E-state index contributed by atoms with van der Waals surface area (Å²) in [4.78, 5) is 25.6. The summed E-state index contributed by atoms with van der Waals surface area (Å²) in [6, 6.07) is 0. The molecule has 1 saturated heterocycles.